The summed E-state index contributed by atoms with van der Waals surface area (Å²) in [6.07, 6.45) is -0.499. The standard InChI is InChI=1S/C16H21N3O5.C2H6/c1-16(2,3)24-15(22)19-5-11-8(4-12(19)14(20)21)9-6-23-7-10(9)13(17)18-11;1-2/h12H,4-7H2,1-3H3,(H2,17,18)(H,20,21);1-2H3. The first-order valence-electron chi connectivity index (χ1n) is 8.76. The molecule has 3 heterocycles. The van der Waals surface area contributed by atoms with Crippen molar-refractivity contribution >= 4 is 17.9 Å². The van der Waals surface area contributed by atoms with Crippen molar-refractivity contribution < 1.29 is 24.2 Å². The third-order valence-corrected chi connectivity index (χ3v) is 4.14. The molecule has 1 aromatic rings. The van der Waals surface area contributed by atoms with Crippen molar-refractivity contribution in [3.63, 3.8) is 0 Å². The van der Waals surface area contributed by atoms with Gasteiger partial charge in [0.2, 0.25) is 0 Å². The molecule has 3 rings (SSSR count). The second-order valence-corrected chi connectivity index (χ2v) is 7.04. The van der Waals surface area contributed by atoms with Crippen LogP contribution in [0.5, 0.6) is 0 Å². The van der Waals surface area contributed by atoms with Gasteiger partial charge in [-0.15, -0.1) is 0 Å². The Labute approximate surface area is 153 Å². The zero-order valence-corrected chi connectivity index (χ0v) is 16.0. The van der Waals surface area contributed by atoms with Crippen LogP contribution in [-0.4, -0.2) is 38.7 Å². The number of aliphatic carboxylic acids is 1. The molecule has 1 atom stereocenters. The molecule has 0 aromatic carbocycles. The van der Waals surface area contributed by atoms with E-state index < -0.39 is 23.7 Å². The number of amides is 1. The molecule has 1 amide bonds. The Balaban J connectivity index is 0.00000117. The van der Waals surface area contributed by atoms with E-state index in [4.69, 9.17) is 15.2 Å². The number of hydrogen-bond donors (Lipinski definition) is 2. The predicted molar refractivity (Wildman–Crippen MR) is 95.4 cm³/mol. The number of carboxylic acids is 1. The topological polar surface area (TPSA) is 115 Å². The summed E-state index contributed by atoms with van der Waals surface area (Å²) in [5, 5.41) is 9.56. The Kier molecular flexibility index (Phi) is 5.75. The molecule has 2 aliphatic heterocycles. The molecular formula is C18H27N3O5. The van der Waals surface area contributed by atoms with Crippen molar-refractivity contribution in [2.75, 3.05) is 5.73 Å². The van der Waals surface area contributed by atoms with Gasteiger partial charge < -0.3 is 20.3 Å². The molecule has 3 N–H and O–H groups in total. The van der Waals surface area contributed by atoms with Crippen LogP contribution in [0.4, 0.5) is 10.6 Å². The van der Waals surface area contributed by atoms with Crippen molar-refractivity contribution in [2.45, 2.75) is 72.4 Å². The Morgan fingerprint density at radius 2 is 1.85 bits per heavy atom. The Morgan fingerprint density at radius 1 is 1.23 bits per heavy atom. The number of carboxylic acid groups (broad SMARTS) is 1. The van der Waals surface area contributed by atoms with Crippen LogP contribution >= 0.6 is 0 Å². The molecule has 0 fully saturated rings. The van der Waals surface area contributed by atoms with Gasteiger partial charge in [-0.1, -0.05) is 13.8 Å². The highest BCUT2D eigenvalue weighted by atomic mass is 16.6. The average molecular weight is 365 g/mol. The number of aromatic nitrogens is 1. The third-order valence-electron chi connectivity index (χ3n) is 4.14. The molecule has 0 bridgehead atoms. The van der Waals surface area contributed by atoms with Crippen LogP contribution in [0.3, 0.4) is 0 Å². The van der Waals surface area contributed by atoms with Gasteiger partial charge in [0, 0.05) is 12.0 Å². The number of nitrogen functional groups attached to an aromatic ring is 1. The summed E-state index contributed by atoms with van der Waals surface area (Å²) >= 11 is 0. The van der Waals surface area contributed by atoms with Gasteiger partial charge >= 0.3 is 12.1 Å². The lowest BCUT2D eigenvalue weighted by Crippen LogP contribution is -2.50. The Hall–Kier alpha value is -2.35. The second kappa shape index (κ2) is 7.49. The Bertz CT molecular complexity index is 712. The number of nitrogens with two attached hydrogens (primary N) is 1. The van der Waals surface area contributed by atoms with Gasteiger partial charge in [0.25, 0.3) is 0 Å². The largest absolute Gasteiger partial charge is 0.480 e. The lowest BCUT2D eigenvalue weighted by atomic mass is 9.92. The summed E-state index contributed by atoms with van der Waals surface area (Å²) in [5.74, 6) is -0.699. The van der Waals surface area contributed by atoms with Gasteiger partial charge in [-0.05, 0) is 31.9 Å². The van der Waals surface area contributed by atoms with Crippen LogP contribution in [0.15, 0.2) is 0 Å². The number of pyridine rings is 1. The molecule has 0 saturated heterocycles. The van der Waals surface area contributed by atoms with Gasteiger partial charge in [0.05, 0.1) is 25.5 Å². The van der Waals surface area contributed by atoms with E-state index in [2.05, 4.69) is 4.98 Å². The Morgan fingerprint density at radius 3 is 2.42 bits per heavy atom. The third kappa shape index (κ3) is 3.90. The van der Waals surface area contributed by atoms with E-state index in [0.29, 0.717) is 24.7 Å². The molecule has 144 valence electrons. The van der Waals surface area contributed by atoms with E-state index in [1.165, 1.54) is 4.90 Å². The van der Waals surface area contributed by atoms with Gasteiger partial charge in [-0.25, -0.2) is 14.6 Å². The summed E-state index contributed by atoms with van der Waals surface area (Å²) in [4.78, 5) is 29.7. The average Bonchev–Trinajstić information content (AvgIpc) is 3.04. The quantitative estimate of drug-likeness (QED) is 0.785. The van der Waals surface area contributed by atoms with Gasteiger partial charge in [0.1, 0.15) is 17.5 Å². The lowest BCUT2D eigenvalue weighted by Gasteiger charge is -2.35. The van der Waals surface area contributed by atoms with E-state index >= 15 is 0 Å². The zero-order valence-electron chi connectivity index (χ0n) is 16.0. The molecule has 2 aliphatic rings. The number of fused-ring (bicyclic) bond motifs is 3. The molecule has 8 heteroatoms. The van der Waals surface area contributed by atoms with Crippen LogP contribution in [0.2, 0.25) is 0 Å². The van der Waals surface area contributed by atoms with Crippen LogP contribution < -0.4 is 5.73 Å². The summed E-state index contributed by atoms with van der Waals surface area (Å²) in [6.45, 7) is 10.0. The van der Waals surface area contributed by atoms with Crippen molar-refractivity contribution in [1.82, 2.24) is 9.88 Å². The van der Waals surface area contributed by atoms with E-state index in [0.717, 1.165) is 16.7 Å². The SMILES string of the molecule is CC.CC(C)(C)OC(=O)N1Cc2nc(N)c3c(c2CC1C(=O)O)COC3. The molecule has 8 nitrogen and oxygen atoms in total. The van der Waals surface area contributed by atoms with Crippen molar-refractivity contribution in [3.05, 3.63) is 22.4 Å². The fourth-order valence-electron chi connectivity index (χ4n) is 3.06. The van der Waals surface area contributed by atoms with Crippen LogP contribution in [0.1, 0.15) is 57.0 Å². The first-order valence-corrected chi connectivity index (χ1v) is 8.76. The molecular weight excluding hydrogens is 338 g/mol. The molecule has 0 spiro atoms. The molecule has 0 radical (unpaired) electrons. The fraction of sp³-hybridized carbons (Fsp3) is 0.611. The number of hydrogen-bond acceptors (Lipinski definition) is 6. The summed E-state index contributed by atoms with van der Waals surface area (Å²) in [7, 11) is 0. The second-order valence-electron chi connectivity index (χ2n) is 7.04. The first kappa shape index (κ1) is 20.0. The first-order chi connectivity index (χ1) is 12.2. The zero-order chi connectivity index (χ0) is 19.6. The van der Waals surface area contributed by atoms with E-state index in [1.54, 1.807) is 20.8 Å². The summed E-state index contributed by atoms with van der Waals surface area (Å²) in [6, 6.07) is -0.998. The number of carbonyl (C=O) groups excluding carboxylic acids is 1. The number of rotatable bonds is 1. The maximum absolute atomic E-state index is 12.4. The highest BCUT2D eigenvalue weighted by Gasteiger charge is 2.39. The van der Waals surface area contributed by atoms with Crippen LogP contribution in [0, 0.1) is 0 Å². The number of nitrogens with zero attached hydrogens (tertiary/aromatic N) is 2. The van der Waals surface area contributed by atoms with Crippen LogP contribution in [-0.2, 0) is 40.4 Å². The predicted octanol–water partition coefficient (Wildman–Crippen LogP) is 2.47. The minimum atomic E-state index is -1.07. The fourth-order valence-corrected chi connectivity index (χ4v) is 3.06. The van der Waals surface area contributed by atoms with Gasteiger partial charge in [-0.3, -0.25) is 4.90 Å². The smallest absolute Gasteiger partial charge is 0.411 e. The maximum atomic E-state index is 12.4. The highest BCUT2D eigenvalue weighted by molar-refractivity contribution is 5.81. The minimum absolute atomic E-state index is 0.0543. The molecule has 0 aliphatic carbocycles. The van der Waals surface area contributed by atoms with Gasteiger partial charge in [-0.2, -0.15) is 0 Å². The molecule has 1 aromatic heterocycles. The number of carbonyl (C=O) groups is 2. The molecule has 26 heavy (non-hydrogen) atoms. The van der Waals surface area contributed by atoms with E-state index in [9.17, 15) is 14.7 Å². The van der Waals surface area contributed by atoms with Crippen LogP contribution in [0.25, 0.3) is 0 Å². The van der Waals surface area contributed by atoms with E-state index in [-0.39, 0.29) is 13.0 Å². The van der Waals surface area contributed by atoms with Crippen molar-refractivity contribution in [1.29, 1.82) is 0 Å². The number of ether oxygens (including phenoxy) is 2. The maximum Gasteiger partial charge on any atom is 0.411 e. The molecule has 0 saturated carbocycles. The number of anilines is 1. The summed E-state index contributed by atoms with van der Waals surface area (Å²) < 4.78 is 10.8. The summed E-state index contributed by atoms with van der Waals surface area (Å²) in [5.41, 5.74) is 8.43. The van der Waals surface area contributed by atoms with Crippen molar-refractivity contribution in [2.24, 2.45) is 0 Å². The molecule has 1 unspecified atom stereocenters. The normalized spacial score (nSPS) is 18.3. The van der Waals surface area contributed by atoms with Gasteiger partial charge in [0.15, 0.2) is 0 Å². The van der Waals surface area contributed by atoms with E-state index in [1.807, 2.05) is 13.8 Å². The monoisotopic (exact) mass is 365 g/mol. The minimum Gasteiger partial charge on any atom is -0.480 e. The highest BCUT2D eigenvalue weighted by Crippen LogP contribution is 2.34. The lowest BCUT2D eigenvalue weighted by molar-refractivity contribution is -0.143. The van der Waals surface area contributed by atoms with Crippen molar-refractivity contribution in [3.8, 4) is 0 Å².